The predicted octanol–water partition coefficient (Wildman–Crippen LogP) is 1.21. The number of nitrogens with two attached hydrogens (primary N) is 1. The summed E-state index contributed by atoms with van der Waals surface area (Å²) in [7, 11) is 1.87. The van der Waals surface area contributed by atoms with Gasteiger partial charge >= 0.3 is 0 Å². The topological polar surface area (TPSA) is 43.8 Å². The molecule has 0 saturated carbocycles. The van der Waals surface area contributed by atoms with Gasteiger partial charge in [0.1, 0.15) is 11.3 Å². The second kappa shape index (κ2) is 3.38. The Kier molecular flexibility index (Phi) is 2.21. The molecule has 2 aromatic rings. The predicted molar refractivity (Wildman–Crippen MR) is 53.4 cm³/mol. The fourth-order valence-corrected chi connectivity index (χ4v) is 1.58. The zero-order chi connectivity index (χ0) is 10.1. The van der Waals surface area contributed by atoms with Crippen LogP contribution in [0.1, 0.15) is 5.82 Å². The van der Waals surface area contributed by atoms with Crippen molar-refractivity contribution in [2.75, 3.05) is 6.54 Å². The molecular formula is C10H12FN3. The highest BCUT2D eigenvalue weighted by molar-refractivity contribution is 5.76. The summed E-state index contributed by atoms with van der Waals surface area (Å²) < 4.78 is 15.2. The molecule has 0 amide bonds. The van der Waals surface area contributed by atoms with E-state index < -0.39 is 0 Å². The van der Waals surface area contributed by atoms with E-state index in [4.69, 9.17) is 5.73 Å². The molecule has 2 rings (SSSR count). The van der Waals surface area contributed by atoms with Gasteiger partial charge in [0.25, 0.3) is 0 Å². The number of rotatable bonds is 2. The van der Waals surface area contributed by atoms with Gasteiger partial charge in [0, 0.05) is 13.5 Å². The van der Waals surface area contributed by atoms with Crippen LogP contribution in [-0.2, 0) is 13.5 Å². The number of nitrogens with zero attached hydrogens (tertiary/aromatic N) is 2. The van der Waals surface area contributed by atoms with Crippen LogP contribution in [0.15, 0.2) is 18.2 Å². The number of hydrogen-bond acceptors (Lipinski definition) is 2. The van der Waals surface area contributed by atoms with Crippen molar-refractivity contribution in [1.29, 1.82) is 0 Å². The molecule has 14 heavy (non-hydrogen) atoms. The van der Waals surface area contributed by atoms with Gasteiger partial charge in [0.15, 0.2) is 5.82 Å². The molecule has 0 aliphatic rings. The molecule has 0 aliphatic heterocycles. The Morgan fingerprint density at radius 2 is 2.29 bits per heavy atom. The number of aromatic nitrogens is 2. The lowest BCUT2D eigenvalue weighted by Gasteiger charge is -1.98. The Morgan fingerprint density at radius 3 is 2.93 bits per heavy atom. The van der Waals surface area contributed by atoms with Crippen molar-refractivity contribution >= 4 is 11.0 Å². The average Bonchev–Trinajstić information content (AvgIpc) is 2.48. The van der Waals surface area contributed by atoms with E-state index in [2.05, 4.69) is 4.98 Å². The van der Waals surface area contributed by atoms with Crippen LogP contribution in [0.3, 0.4) is 0 Å². The van der Waals surface area contributed by atoms with Crippen LogP contribution in [0, 0.1) is 5.82 Å². The summed E-state index contributed by atoms with van der Waals surface area (Å²) in [5.41, 5.74) is 6.68. The number of para-hydroxylation sites is 1. The van der Waals surface area contributed by atoms with Crippen molar-refractivity contribution in [3.8, 4) is 0 Å². The van der Waals surface area contributed by atoms with Gasteiger partial charge in [-0.1, -0.05) is 6.07 Å². The molecule has 2 N–H and O–H groups in total. The Hall–Kier alpha value is -1.42. The molecule has 4 heteroatoms. The standard InChI is InChI=1S/C10H12FN3/c1-14-8-4-2-3-7(11)10(8)13-9(14)5-6-12/h2-4H,5-6,12H2,1H3. The summed E-state index contributed by atoms with van der Waals surface area (Å²) in [5, 5.41) is 0. The summed E-state index contributed by atoms with van der Waals surface area (Å²) in [6.45, 7) is 0.527. The highest BCUT2D eigenvalue weighted by Crippen LogP contribution is 2.17. The summed E-state index contributed by atoms with van der Waals surface area (Å²) in [4.78, 5) is 4.21. The fourth-order valence-electron chi connectivity index (χ4n) is 1.58. The number of hydrogen-bond donors (Lipinski definition) is 1. The number of benzene rings is 1. The van der Waals surface area contributed by atoms with Gasteiger partial charge in [-0.2, -0.15) is 0 Å². The molecule has 0 radical (unpaired) electrons. The Labute approximate surface area is 81.4 Å². The van der Waals surface area contributed by atoms with Crippen molar-refractivity contribution in [3.05, 3.63) is 29.8 Å². The highest BCUT2D eigenvalue weighted by atomic mass is 19.1. The lowest BCUT2D eigenvalue weighted by molar-refractivity contribution is 0.637. The Morgan fingerprint density at radius 1 is 1.50 bits per heavy atom. The Bertz CT molecular complexity index is 462. The highest BCUT2D eigenvalue weighted by Gasteiger charge is 2.09. The van der Waals surface area contributed by atoms with Crippen LogP contribution in [0.2, 0.25) is 0 Å². The van der Waals surface area contributed by atoms with Crippen LogP contribution >= 0.6 is 0 Å². The molecule has 0 atom stereocenters. The number of fused-ring (bicyclic) bond motifs is 1. The van der Waals surface area contributed by atoms with Crippen molar-refractivity contribution in [1.82, 2.24) is 9.55 Å². The second-order valence-corrected chi connectivity index (χ2v) is 3.23. The summed E-state index contributed by atoms with van der Waals surface area (Å²) in [6, 6.07) is 4.96. The molecule has 0 aliphatic carbocycles. The first-order chi connectivity index (χ1) is 6.74. The summed E-state index contributed by atoms with van der Waals surface area (Å²) >= 11 is 0. The summed E-state index contributed by atoms with van der Waals surface area (Å²) in [6.07, 6.45) is 0.671. The molecule has 0 fully saturated rings. The van der Waals surface area contributed by atoms with E-state index >= 15 is 0 Å². The molecular weight excluding hydrogens is 181 g/mol. The van der Waals surface area contributed by atoms with E-state index in [0.717, 1.165) is 11.3 Å². The van der Waals surface area contributed by atoms with Crippen molar-refractivity contribution < 1.29 is 4.39 Å². The van der Waals surface area contributed by atoms with Gasteiger partial charge in [0.2, 0.25) is 0 Å². The third kappa shape index (κ3) is 1.28. The first kappa shape index (κ1) is 9.15. The molecule has 3 nitrogen and oxygen atoms in total. The third-order valence-electron chi connectivity index (χ3n) is 2.32. The largest absolute Gasteiger partial charge is 0.331 e. The number of halogens is 1. The minimum absolute atomic E-state index is 0.277. The van der Waals surface area contributed by atoms with Gasteiger partial charge in [-0.3, -0.25) is 0 Å². The van der Waals surface area contributed by atoms with Crippen LogP contribution < -0.4 is 5.73 Å². The van der Waals surface area contributed by atoms with Crippen LogP contribution in [0.25, 0.3) is 11.0 Å². The molecule has 1 heterocycles. The van der Waals surface area contributed by atoms with E-state index in [-0.39, 0.29) is 5.82 Å². The van der Waals surface area contributed by atoms with Crippen LogP contribution in [0.5, 0.6) is 0 Å². The third-order valence-corrected chi connectivity index (χ3v) is 2.32. The first-order valence-electron chi connectivity index (χ1n) is 4.54. The lowest BCUT2D eigenvalue weighted by Crippen LogP contribution is -2.07. The molecule has 74 valence electrons. The number of aryl methyl sites for hydroxylation is 1. The molecule has 0 saturated heterocycles. The van der Waals surface area contributed by atoms with E-state index in [9.17, 15) is 4.39 Å². The van der Waals surface area contributed by atoms with E-state index in [0.29, 0.717) is 18.5 Å². The van der Waals surface area contributed by atoms with E-state index in [1.807, 2.05) is 17.7 Å². The van der Waals surface area contributed by atoms with Crippen molar-refractivity contribution in [2.24, 2.45) is 12.8 Å². The van der Waals surface area contributed by atoms with Gasteiger partial charge in [-0.05, 0) is 18.7 Å². The van der Waals surface area contributed by atoms with Crippen molar-refractivity contribution in [3.63, 3.8) is 0 Å². The van der Waals surface area contributed by atoms with Crippen LogP contribution in [0.4, 0.5) is 4.39 Å². The maximum atomic E-state index is 13.3. The van der Waals surface area contributed by atoms with E-state index in [1.165, 1.54) is 6.07 Å². The first-order valence-corrected chi connectivity index (χ1v) is 4.54. The molecule has 0 unspecified atom stereocenters. The molecule has 1 aromatic carbocycles. The summed E-state index contributed by atoms with van der Waals surface area (Å²) in [5.74, 6) is 0.550. The monoisotopic (exact) mass is 193 g/mol. The minimum atomic E-state index is -0.277. The normalized spacial score (nSPS) is 11.1. The van der Waals surface area contributed by atoms with Gasteiger partial charge in [-0.25, -0.2) is 9.37 Å². The maximum Gasteiger partial charge on any atom is 0.151 e. The zero-order valence-corrected chi connectivity index (χ0v) is 8.00. The maximum absolute atomic E-state index is 13.3. The SMILES string of the molecule is Cn1c(CCN)nc2c(F)cccc21. The number of imidazole rings is 1. The van der Waals surface area contributed by atoms with Gasteiger partial charge in [-0.15, -0.1) is 0 Å². The van der Waals surface area contributed by atoms with Gasteiger partial charge in [0.05, 0.1) is 5.52 Å². The lowest BCUT2D eigenvalue weighted by atomic mass is 10.3. The smallest absolute Gasteiger partial charge is 0.151 e. The molecule has 0 spiro atoms. The average molecular weight is 193 g/mol. The molecule has 0 bridgehead atoms. The fraction of sp³-hybridized carbons (Fsp3) is 0.300. The minimum Gasteiger partial charge on any atom is -0.331 e. The van der Waals surface area contributed by atoms with Crippen LogP contribution in [-0.4, -0.2) is 16.1 Å². The van der Waals surface area contributed by atoms with Gasteiger partial charge < -0.3 is 10.3 Å². The zero-order valence-electron chi connectivity index (χ0n) is 8.00. The van der Waals surface area contributed by atoms with E-state index in [1.54, 1.807) is 6.07 Å². The second-order valence-electron chi connectivity index (χ2n) is 3.23. The Balaban J connectivity index is 2.67. The molecule has 1 aromatic heterocycles. The quantitative estimate of drug-likeness (QED) is 0.779. The van der Waals surface area contributed by atoms with Crippen molar-refractivity contribution in [2.45, 2.75) is 6.42 Å².